The highest BCUT2D eigenvalue weighted by molar-refractivity contribution is 6.35. The first-order chi connectivity index (χ1) is 6.06. The van der Waals surface area contributed by atoms with Crippen molar-refractivity contribution in [2.75, 3.05) is 7.11 Å². The molecule has 0 amide bonds. The summed E-state index contributed by atoms with van der Waals surface area (Å²) in [5.41, 5.74) is 0.597. The van der Waals surface area contributed by atoms with Gasteiger partial charge in [0.15, 0.2) is 0 Å². The summed E-state index contributed by atoms with van der Waals surface area (Å²) in [5.74, 6) is 0.473. The van der Waals surface area contributed by atoms with Gasteiger partial charge in [0.2, 0.25) is 0 Å². The van der Waals surface area contributed by atoms with Gasteiger partial charge in [-0.1, -0.05) is 23.2 Å². The van der Waals surface area contributed by atoms with Crippen molar-refractivity contribution in [1.82, 2.24) is 0 Å². The highest BCUT2D eigenvalue weighted by Crippen LogP contribution is 2.35. The number of hydrogen-bond donors (Lipinski definition) is 1. The quantitative estimate of drug-likeness (QED) is 0.831. The topological polar surface area (TPSA) is 29.5 Å². The van der Waals surface area contributed by atoms with Gasteiger partial charge in [0.25, 0.3) is 0 Å². The number of methoxy groups -OCH3 is 1. The zero-order valence-corrected chi connectivity index (χ0v) is 8.86. The molecule has 0 aliphatic carbocycles. The van der Waals surface area contributed by atoms with Crippen LogP contribution in [0.2, 0.25) is 10.0 Å². The lowest BCUT2D eigenvalue weighted by Crippen LogP contribution is -1.97. The number of ether oxygens (including phenoxy) is 1. The molecule has 0 spiro atoms. The summed E-state index contributed by atoms with van der Waals surface area (Å²) < 4.78 is 5.04. The first-order valence-corrected chi connectivity index (χ1v) is 4.53. The number of benzene rings is 1. The van der Waals surface area contributed by atoms with Crippen LogP contribution in [0.1, 0.15) is 18.6 Å². The SMILES string of the molecule is COc1c(Cl)cc(Cl)cc1C(C)O. The minimum Gasteiger partial charge on any atom is -0.495 e. The van der Waals surface area contributed by atoms with Crippen LogP contribution in [0.25, 0.3) is 0 Å². The molecule has 0 aliphatic heterocycles. The summed E-state index contributed by atoms with van der Waals surface area (Å²) in [5, 5.41) is 10.3. The Labute approximate surface area is 87.0 Å². The standard InChI is InChI=1S/C9H10Cl2O2/c1-5(12)7-3-6(10)4-8(11)9(7)13-2/h3-5,12H,1-2H3. The van der Waals surface area contributed by atoms with E-state index in [4.69, 9.17) is 27.9 Å². The fraction of sp³-hybridized carbons (Fsp3) is 0.333. The van der Waals surface area contributed by atoms with E-state index < -0.39 is 6.10 Å². The molecule has 1 rings (SSSR count). The molecule has 2 nitrogen and oxygen atoms in total. The maximum absolute atomic E-state index is 9.39. The van der Waals surface area contributed by atoms with E-state index >= 15 is 0 Å². The molecule has 4 heteroatoms. The monoisotopic (exact) mass is 220 g/mol. The molecular formula is C9H10Cl2O2. The van der Waals surface area contributed by atoms with E-state index in [-0.39, 0.29) is 0 Å². The lowest BCUT2D eigenvalue weighted by Gasteiger charge is -2.12. The molecule has 72 valence electrons. The van der Waals surface area contributed by atoms with E-state index in [9.17, 15) is 5.11 Å². The van der Waals surface area contributed by atoms with Gasteiger partial charge < -0.3 is 9.84 Å². The molecule has 1 atom stereocenters. The average Bonchev–Trinajstić information content (AvgIpc) is 2.02. The molecule has 1 aromatic rings. The van der Waals surface area contributed by atoms with Gasteiger partial charge in [-0.05, 0) is 19.1 Å². The molecule has 13 heavy (non-hydrogen) atoms. The van der Waals surface area contributed by atoms with Crippen LogP contribution in [0.15, 0.2) is 12.1 Å². The number of hydrogen-bond acceptors (Lipinski definition) is 2. The van der Waals surface area contributed by atoms with Crippen molar-refractivity contribution in [3.8, 4) is 5.75 Å². The van der Waals surface area contributed by atoms with Crippen LogP contribution in [-0.2, 0) is 0 Å². The van der Waals surface area contributed by atoms with Crippen LogP contribution in [0, 0.1) is 0 Å². The van der Waals surface area contributed by atoms with E-state index in [1.54, 1.807) is 19.1 Å². The summed E-state index contributed by atoms with van der Waals surface area (Å²) in [6, 6.07) is 3.21. The maximum Gasteiger partial charge on any atom is 0.143 e. The van der Waals surface area contributed by atoms with E-state index in [0.717, 1.165) is 0 Å². The highest BCUT2D eigenvalue weighted by Gasteiger charge is 2.13. The zero-order valence-electron chi connectivity index (χ0n) is 7.34. The van der Waals surface area contributed by atoms with Gasteiger partial charge in [-0.2, -0.15) is 0 Å². The maximum atomic E-state index is 9.39. The second kappa shape index (κ2) is 4.18. The molecule has 0 fully saturated rings. The van der Waals surface area contributed by atoms with Gasteiger partial charge in [0.05, 0.1) is 18.2 Å². The zero-order chi connectivity index (χ0) is 10.0. The fourth-order valence-corrected chi connectivity index (χ4v) is 1.69. The summed E-state index contributed by atoms with van der Waals surface area (Å²) >= 11 is 11.6. The Hall–Kier alpha value is -0.440. The number of aliphatic hydroxyl groups excluding tert-OH is 1. The second-order valence-electron chi connectivity index (χ2n) is 2.69. The van der Waals surface area contributed by atoms with Crippen LogP contribution < -0.4 is 4.74 Å². The first kappa shape index (κ1) is 10.6. The molecule has 0 saturated heterocycles. The Balaban J connectivity index is 3.29. The summed E-state index contributed by atoms with van der Waals surface area (Å²) in [6.45, 7) is 1.63. The molecule has 0 heterocycles. The van der Waals surface area contributed by atoms with Crippen molar-refractivity contribution in [1.29, 1.82) is 0 Å². The molecule has 1 unspecified atom stereocenters. The van der Waals surface area contributed by atoms with Gasteiger partial charge in [-0.25, -0.2) is 0 Å². The van der Waals surface area contributed by atoms with E-state index in [1.165, 1.54) is 7.11 Å². The van der Waals surface area contributed by atoms with Crippen LogP contribution in [-0.4, -0.2) is 12.2 Å². The molecule has 0 saturated carbocycles. The largest absolute Gasteiger partial charge is 0.495 e. The third-order valence-corrected chi connectivity index (χ3v) is 2.19. The van der Waals surface area contributed by atoms with Crippen molar-refractivity contribution < 1.29 is 9.84 Å². The van der Waals surface area contributed by atoms with Gasteiger partial charge in [0.1, 0.15) is 5.75 Å². The summed E-state index contributed by atoms with van der Waals surface area (Å²) in [6.07, 6.45) is -0.647. The lowest BCUT2D eigenvalue weighted by atomic mass is 10.1. The van der Waals surface area contributed by atoms with Gasteiger partial charge in [0, 0.05) is 10.6 Å². The van der Waals surface area contributed by atoms with E-state index in [1.807, 2.05) is 0 Å². The smallest absolute Gasteiger partial charge is 0.143 e. The Morgan fingerprint density at radius 2 is 2.00 bits per heavy atom. The van der Waals surface area contributed by atoms with Gasteiger partial charge >= 0.3 is 0 Å². The third kappa shape index (κ3) is 2.27. The summed E-state index contributed by atoms with van der Waals surface area (Å²) in [4.78, 5) is 0. The van der Waals surface area contributed by atoms with Crippen molar-refractivity contribution >= 4 is 23.2 Å². The predicted octanol–water partition coefficient (Wildman–Crippen LogP) is 3.06. The average molecular weight is 221 g/mol. The van der Waals surface area contributed by atoms with Crippen LogP contribution >= 0.6 is 23.2 Å². The van der Waals surface area contributed by atoms with Crippen molar-refractivity contribution in [3.05, 3.63) is 27.7 Å². The normalized spacial score (nSPS) is 12.7. The van der Waals surface area contributed by atoms with Crippen LogP contribution in [0.4, 0.5) is 0 Å². The molecule has 0 bridgehead atoms. The Morgan fingerprint density at radius 1 is 1.38 bits per heavy atom. The van der Waals surface area contributed by atoms with E-state index in [0.29, 0.717) is 21.4 Å². The molecule has 0 aliphatic rings. The van der Waals surface area contributed by atoms with E-state index in [2.05, 4.69) is 0 Å². The molecular weight excluding hydrogens is 211 g/mol. The highest BCUT2D eigenvalue weighted by atomic mass is 35.5. The molecule has 1 N–H and O–H groups in total. The van der Waals surface area contributed by atoms with Crippen molar-refractivity contribution in [2.45, 2.75) is 13.0 Å². The van der Waals surface area contributed by atoms with Crippen molar-refractivity contribution in [3.63, 3.8) is 0 Å². The number of halogens is 2. The second-order valence-corrected chi connectivity index (χ2v) is 3.53. The minimum absolute atomic E-state index is 0.408. The minimum atomic E-state index is -0.647. The van der Waals surface area contributed by atoms with Gasteiger partial charge in [-0.3, -0.25) is 0 Å². The predicted molar refractivity (Wildman–Crippen MR) is 53.6 cm³/mol. The Kier molecular flexibility index (Phi) is 3.42. The molecule has 0 aromatic heterocycles. The lowest BCUT2D eigenvalue weighted by molar-refractivity contribution is 0.194. The Morgan fingerprint density at radius 3 is 2.46 bits per heavy atom. The first-order valence-electron chi connectivity index (χ1n) is 3.77. The van der Waals surface area contributed by atoms with Crippen molar-refractivity contribution in [2.24, 2.45) is 0 Å². The number of aliphatic hydroxyl groups is 1. The Bertz CT molecular complexity index is 311. The van der Waals surface area contributed by atoms with Crippen LogP contribution in [0.5, 0.6) is 5.75 Å². The molecule has 1 aromatic carbocycles. The third-order valence-electron chi connectivity index (χ3n) is 1.69. The number of rotatable bonds is 2. The van der Waals surface area contributed by atoms with Gasteiger partial charge in [-0.15, -0.1) is 0 Å². The fourth-order valence-electron chi connectivity index (χ4n) is 1.11. The molecule has 0 radical (unpaired) electrons. The summed E-state index contributed by atoms with van der Waals surface area (Å²) in [7, 11) is 1.50. The van der Waals surface area contributed by atoms with Crippen LogP contribution in [0.3, 0.4) is 0 Å².